The Kier molecular flexibility index (Phi) is 6.44. The van der Waals surface area contributed by atoms with Crippen molar-refractivity contribution < 1.29 is 19.8 Å². The Morgan fingerprint density at radius 3 is 1.96 bits per heavy atom. The standard InChI is InChI=1S/C9H9NO2.C8H7NO2/c1-6-7(2)9(12)4-3-8(6)10-5-11;1-6-4-7(11)2-3-8(6)9-5-10/h3-4,12H,1-2H3;2-4,11H,1H3. The summed E-state index contributed by atoms with van der Waals surface area (Å²) >= 11 is 0. The van der Waals surface area contributed by atoms with Crippen LogP contribution in [-0.4, -0.2) is 22.4 Å². The molecule has 0 aliphatic carbocycles. The average Bonchev–Trinajstić information content (AvgIpc) is 2.52. The Bertz CT molecular complexity index is 802. The molecule has 2 aromatic carbocycles. The van der Waals surface area contributed by atoms with Gasteiger partial charge in [0.05, 0.1) is 11.4 Å². The lowest BCUT2D eigenvalue weighted by molar-refractivity contribution is 0.470. The molecular weight excluding hydrogens is 296 g/mol. The lowest BCUT2D eigenvalue weighted by atomic mass is 10.1. The van der Waals surface area contributed by atoms with Crippen LogP contribution in [0.15, 0.2) is 40.3 Å². The van der Waals surface area contributed by atoms with Crippen LogP contribution in [0.5, 0.6) is 11.5 Å². The van der Waals surface area contributed by atoms with E-state index in [-0.39, 0.29) is 11.5 Å². The van der Waals surface area contributed by atoms with Gasteiger partial charge in [0, 0.05) is 0 Å². The van der Waals surface area contributed by atoms with Gasteiger partial charge in [-0.25, -0.2) is 9.59 Å². The zero-order chi connectivity index (χ0) is 17.4. The van der Waals surface area contributed by atoms with E-state index in [4.69, 9.17) is 5.11 Å². The van der Waals surface area contributed by atoms with Crippen molar-refractivity contribution in [1.29, 1.82) is 0 Å². The molecule has 6 heteroatoms. The van der Waals surface area contributed by atoms with E-state index < -0.39 is 0 Å². The first kappa shape index (κ1) is 17.9. The maximum atomic E-state index is 9.97. The van der Waals surface area contributed by atoms with Crippen molar-refractivity contribution in [3.63, 3.8) is 0 Å². The molecule has 0 bridgehead atoms. The molecule has 0 saturated heterocycles. The van der Waals surface area contributed by atoms with Gasteiger partial charge >= 0.3 is 0 Å². The van der Waals surface area contributed by atoms with Gasteiger partial charge in [-0.1, -0.05) is 0 Å². The number of phenols is 2. The number of hydrogen-bond acceptors (Lipinski definition) is 6. The molecule has 6 nitrogen and oxygen atoms in total. The summed E-state index contributed by atoms with van der Waals surface area (Å²) in [6, 6.07) is 7.68. The molecule has 0 amide bonds. The number of nitrogens with zero attached hydrogens (tertiary/aromatic N) is 2. The largest absolute Gasteiger partial charge is 0.508 e. The van der Waals surface area contributed by atoms with Gasteiger partial charge in [0.2, 0.25) is 12.2 Å². The second kappa shape index (κ2) is 8.29. The van der Waals surface area contributed by atoms with Gasteiger partial charge in [-0.05, 0) is 67.8 Å². The van der Waals surface area contributed by atoms with Crippen LogP contribution in [0.3, 0.4) is 0 Å². The van der Waals surface area contributed by atoms with Crippen LogP contribution in [0.4, 0.5) is 11.4 Å². The van der Waals surface area contributed by atoms with Gasteiger partial charge in [0.1, 0.15) is 11.5 Å². The summed E-state index contributed by atoms with van der Waals surface area (Å²) in [5.74, 6) is 0.393. The molecule has 0 saturated carbocycles. The van der Waals surface area contributed by atoms with Crippen LogP contribution in [0, 0.1) is 20.8 Å². The van der Waals surface area contributed by atoms with Crippen molar-refractivity contribution in [2.24, 2.45) is 9.98 Å². The molecule has 2 aromatic rings. The fraction of sp³-hybridized carbons (Fsp3) is 0.176. The predicted octanol–water partition coefficient (Wildman–Crippen LogP) is 3.64. The highest BCUT2D eigenvalue weighted by atomic mass is 16.3. The summed E-state index contributed by atoms with van der Waals surface area (Å²) in [5.41, 5.74) is 3.40. The molecule has 0 spiro atoms. The molecule has 0 unspecified atom stereocenters. The third-order valence-electron chi connectivity index (χ3n) is 3.24. The zero-order valence-electron chi connectivity index (χ0n) is 13.0. The number of carbonyl (C=O) groups excluding carboxylic acids is 2. The number of rotatable bonds is 2. The minimum absolute atomic E-state index is 0.173. The second-order valence-corrected chi connectivity index (χ2v) is 4.73. The first-order chi connectivity index (χ1) is 10.9. The van der Waals surface area contributed by atoms with E-state index in [1.807, 2.05) is 0 Å². The fourth-order valence-corrected chi connectivity index (χ4v) is 1.78. The molecular formula is C17H16N2O4. The maximum absolute atomic E-state index is 9.97. The lowest BCUT2D eigenvalue weighted by Gasteiger charge is -2.03. The van der Waals surface area contributed by atoms with Crippen molar-refractivity contribution in [1.82, 2.24) is 0 Å². The summed E-state index contributed by atoms with van der Waals surface area (Å²) < 4.78 is 0. The number of hydrogen-bond donors (Lipinski definition) is 2. The molecule has 0 fully saturated rings. The van der Waals surface area contributed by atoms with E-state index >= 15 is 0 Å². The Labute approximate surface area is 133 Å². The number of isocyanates is 2. The quantitative estimate of drug-likeness (QED) is 0.653. The van der Waals surface area contributed by atoms with Gasteiger partial charge in [-0.2, -0.15) is 9.98 Å². The molecule has 0 aliphatic heterocycles. The van der Waals surface area contributed by atoms with E-state index in [0.717, 1.165) is 16.7 Å². The monoisotopic (exact) mass is 312 g/mol. The number of benzene rings is 2. The molecule has 0 heterocycles. The maximum Gasteiger partial charge on any atom is 0.240 e. The van der Waals surface area contributed by atoms with Crippen molar-refractivity contribution in [3.8, 4) is 11.5 Å². The summed E-state index contributed by atoms with van der Waals surface area (Å²) in [4.78, 5) is 26.7. The van der Waals surface area contributed by atoms with Gasteiger partial charge in [-0.3, -0.25) is 0 Å². The highest BCUT2D eigenvalue weighted by molar-refractivity contribution is 5.58. The van der Waals surface area contributed by atoms with Crippen LogP contribution >= 0.6 is 0 Å². The Morgan fingerprint density at radius 2 is 1.39 bits per heavy atom. The van der Waals surface area contributed by atoms with E-state index in [2.05, 4.69) is 9.98 Å². The number of phenolic OH excluding ortho intramolecular Hbond substituents is 2. The topological polar surface area (TPSA) is 99.3 Å². The minimum atomic E-state index is 0.173. The fourth-order valence-electron chi connectivity index (χ4n) is 1.78. The highest BCUT2D eigenvalue weighted by Crippen LogP contribution is 2.27. The molecule has 0 radical (unpaired) electrons. The summed E-state index contributed by atoms with van der Waals surface area (Å²) in [6.45, 7) is 5.33. The number of aryl methyl sites for hydroxylation is 1. The molecule has 0 aliphatic rings. The molecule has 23 heavy (non-hydrogen) atoms. The van der Waals surface area contributed by atoms with Gasteiger partial charge in [0.25, 0.3) is 0 Å². The van der Waals surface area contributed by atoms with Crippen molar-refractivity contribution in [2.45, 2.75) is 20.8 Å². The van der Waals surface area contributed by atoms with Crippen molar-refractivity contribution >= 4 is 23.5 Å². The molecule has 0 atom stereocenters. The Hall–Kier alpha value is -3.20. The SMILES string of the molecule is Cc1c(O)ccc(N=C=O)c1C.Cc1cc(O)ccc1N=C=O. The molecule has 0 aromatic heterocycles. The third kappa shape index (κ3) is 4.93. The third-order valence-corrected chi connectivity index (χ3v) is 3.24. The van der Waals surface area contributed by atoms with Crippen LogP contribution in [-0.2, 0) is 9.59 Å². The number of aromatic hydroxyl groups is 2. The van der Waals surface area contributed by atoms with E-state index in [1.54, 1.807) is 32.9 Å². The van der Waals surface area contributed by atoms with Crippen LogP contribution in [0.1, 0.15) is 16.7 Å². The van der Waals surface area contributed by atoms with E-state index in [1.165, 1.54) is 30.4 Å². The van der Waals surface area contributed by atoms with E-state index in [0.29, 0.717) is 11.4 Å². The first-order valence-electron chi connectivity index (χ1n) is 6.65. The smallest absolute Gasteiger partial charge is 0.240 e. The normalized spacial score (nSPS) is 9.00. The van der Waals surface area contributed by atoms with Gasteiger partial charge < -0.3 is 10.2 Å². The lowest BCUT2D eigenvalue weighted by Crippen LogP contribution is -1.81. The van der Waals surface area contributed by atoms with Gasteiger partial charge in [0.15, 0.2) is 0 Å². The van der Waals surface area contributed by atoms with Crippen molar-refractivity contribution in [3.05, 3.63) is 47.0 Å². The zero-order valence-corrected chi connectivity index (χ0v) is 13.0. The Morgan fingerprint density at radius 1 is 0.826 bits per heavy atom. The van der Waals surface area contributed by atoms with Gasteiger partial charge in [-0.15, -0.1) is 0 Å². The first-order valence-corrected chi connectivity index (χ1v) is 6.65. The van der Waals surface area contributed by atoms with Crippen LogP contribution in [0.2, 0.25) is 0 Å². The second-order valence-electron chi connectivity index (χ2n) is 4.73. The van der Waals surface area contributed by atoms with E-state index in [9.17, 15) is 14.7 Å². The molecule has 118 valence electrons. The minimum Gasteiger partial charge on any atom is -0.508 e. The summed E-state index contributed by atoms with van der Waals surface area (Å²) in [7, 11) is 0. The van der Waals surface area contributed by atoms with Crippen LogP contribution in [0.25, 0.3) is 0 Å². The van der Waals surface area contributed by atoms with Crippen LogP contribution < -0.4 is 0 Å². The summed E-state index contributed by atoms with van der Waals surface area (Å²) in [6.07, 6.45) is 2.90. The Balaban J connectivity index is 0.000000231. The molecule has 2 rings (SSSR count). The predicted molar refractivity (Wildman–Crippen MR) is 86.0 cm³/mol. The summed E-state index contributed by atoms with van der Waals surface area (Å²) in [5, 5.41) is 18.2. The highest BCUT2D eigenvalue weighted by Gasteiger charge is 2.03. The number of aliphatic imine (C=N–C) groups is 2. The molecule has 2 N–H and O–H groups in total. The average molecular weight is 312 g/mol. The van der Waals surface area contributed by atoms with Crippen molar-refractivity contribution in [2.75, 3.05) is 0 Å².